The van der Waals surface area contributed by atoms with E-state index in [0.717, 1.165) is 36.7 Å². The monoisotopic (exact) mass is 295 g/mol. The van der Waals surface area contributed by atoms with Crippen LogP contribution in [0, 0.1) is 0 Å². The number of hydrogen-bond acceptors (Lipinski definition) is 3. The number of carbonyl (C=O) groups is 1. The van der Waals surface area contributed by atoms with Gasteiger partial charge in [0.05, 0.1) is 6.61 Å². The van der Waals surface area contributed by atoms with Crippen molar-refractivity contribution in [2.45, 2.75) is 18.9 Å². The highest BCUT2D eigenvalue weighted by Crippen LogP contribution is 2.36. The Hall–Kier alpha value is -1.52. The van der Waals surface area contributed by atoms with Crippen molar-refractivity contribution in [1.29, 1.82) is 0 Å². The number of halogens is 1. The van der Waals surface area contributed by atoms with Crippen LogP contribution in [0.1, 0.15) is 18.4 Å². The lowest BCUT2D eigenvalue weighted by atomic mass is 10.1. The van der Waals surface area contributed by atoms with Crippen molar-refractivity contribution >= 4 is 29.3 Å². The van der Waals surface area contributed by atoms with Crippen LogP contribution in [-0.4, -0.2) is 37.4 Å². The third-order valence-electron chi connectivity index (χ3n) is 3.26. The molecular weight excluding hydrogens is 278 g/mol. The molecule has 1 aromatic rings. The number of ether oxygens (including phenoxy) is 1. The number of hydrogen-bond donors (Lipinski definition) is 1. The zero-order chi connectivity index (χ0) is 14.5. The Morgan fingerprint density at radius 3 is 2.90 bits per heavy atom. The van der Waals surface area contributed by atoms with E-state index in [0.29, 0.717) is 17.7 Å². The van der Waals surface area contributed by atoms with Crippen molar-refractivity contribution < 1.29 is 14.6 Å². The zero-order valence-corrected chi connectivity index (χ0v) is 12.1. The molecule has 0 aliphatic heterocycles. The second-order valence-corrected chi connectivity index (χ2v) is 5.17. The Balaban J connectivity index is 2.32. The first-order valence-electron chi connectivity index (χ1n) is 6.58. The smallest absolute Gasteiger partial charge is 0.328 e. The molecule has 0 amide bonds. The van der Waals surface area contributed by atoms with Crippen molar-refractivity contribution in [3.05, 3.63) is 34.9 Å². The summed E-state index contributed by atoms with van der Waals surface area (Å²) >= 11 is 6.21. The first-order chi connectivity index (χ1) is 9.63. The van der Waals surface area contributed by atoms with Gasteiger partial charge in [-0.1, -0.05) is 17.7 Å². The summed E-state index contributed by atoms with van der Waals surface area (Å²) < 4.78 is 5.15. The Morgan fingerprint density at radius 2 is 2.30 bits per heavy atom. The van der Waals surface area contributed by atoms with Gasteiger partial charge in [-0.2, -0.15) is 0 Å². The van der Waals surface area contributed by atoms with Crippen LogP contribution in [0.2, 0.25) is 5.02 Å². The van der Waals surface area contributed by atoms with E-state index in [4.69, 9.17) is 21.4 Å². The van der Waals surface area contributed by atoms with Crippen LogP contribution < -0.4 is 4.90 Å². The fraction of sp³-hybridized carbons (Fsp3) is 0.400. The maximum Gasteiger partial charge on any atom is 0.328 e. The highest BCUT2D eigenvalue weighted by Gasteiger charge is 2.30. The second kappa shape index (κ2) is 6.77. The molecule has 1 aliphatic carbocycles. The molecule has 0 atom stereocenters. The molecule has 1 N–H and O–H groups in total. The van der Waals surface area contributed by atoms with Gasteiger partial charge < -0.3 is 14.7 Å². The summed E-state index contributed by atoms with van der Waals surface area (Å²) in [6.07, 6.45) is 4.98. The third kappa shape index (κ3) is 3.74. The molecule has 0 heterocycles. The molecule has 1 aliphatic rings. The highest BCUT2D eigenvalue weighted by atomic mass is 35.5. The normalized spacial score (nSPS) is 14.7. The molecule has 4 nitrogen and oxygen atoms in total. The lowest BCUT2D eigenvalue weighted by Gasteiger charge is -2.26. The average Bonchev–Trinajstić information content (AvgIpc) is 3.22. The van der Waals surface area contributed by atoms with E-state index in [1.54, 1.807) is 19.3 Å². The Bertz CT molecular complexity index is 512. The number of aliphatic carboxylic acids is 1. The molecule has 0 spiro atoms. The van der Waals surface area contributed by atoms with Gasteiger partial charge in [-0.3, -0.25) is 0 Å². The third-order valence-corrected chi connectivity index (χ3v) is 3.59. The molecule has 0 saturated heterocycles. The van der Waals surface area contributed by atoms with Crippen LogP contribution in [0.25, 0.3) is 6.08 Å². The van der Waals surface area contributed by atoms with Gasteiger partial charge in [0.1, 0.15) is 0 Å². The summed E-state index contributed by atoms with van der Waals surface area (Å²) in [7, 11) is 1.67. The molecule has 5 heteroatoms. The van der Waals surface area contributed by atoms with Crippen LogP contribution in [-0.2, 0) is 9.53 Å². The standard InChI is InChI=1S/C15H18ClNO3/c1-20-10-9-17(11-5-6-11)14-4-2-3-13(16)12(14)7-8-15(18)19/h2-4,7-8,11H,5-6,9-10H2,1H3,(H,18,19). The van der Waals surface area contributed by atoms with Gasteiger partial charge in [0.25, 0.3) is 0 Å². The minimum atomic E-state index is -0.981. The Morgan fingerprint density at radius 1 is 1.55 bits per heavy atom. The molecule has 1 aromatic carbocycles. The fourth-order valence-electron chi connectivity index (χ4n) is 2.17. The van der Waals surface area contributed by atoms with Gasteiger partial charge in [-0.05, 0) is 31.1 Å². The van der Waals surface area contributed by atoms with Gasteiger partial charge in [0.15, 0.2) is 0 Å². The van der Waals surface area contributed by atoms with E-state index in [2.05, 4.69) is 4.90 Å². The van der Waals surface area contributed by atoms with Crippen molar-refractivity contribution in [2.75, 3.05) is 25.2 Å². The fourth-order valence-corrected chi connectivity index (χ4v) is 2.40. The number of methoxy groups -OCH3 is 1. The molecule has 1 saturated carbocycles. The van der Waals surface area contributed by atoms with E-state index < -0.39 is 5.97 Å². The average molecular weight is 296 g/mol. The summed E-state index contributed by atoms with van der Waals surface area (Å²) in [6.45, 7) is 1.40. The predicted octanol–water partition coefficient (Wildman–Crippen LogP) is 3.05. The van der Waals surface area contributed by atoms with Crippen LogP contribution in [0.3, 0.4) is 0 Å². The summed E-state index contributed by atoms with van der Waals surface area (Å²) in [5.41, 5.74) is 1.72. The van der Waals surface area contributed by atoms with Gasteiger partial charge in [-0.25, -0.2) is 4.79 Å². The summed E-state index contributed by atoms with van der Waals surface area (Å²) in [4.78, 5) is 13.0. The molecule has 0 aromatic heterocycles. The molecule has 2 rings (SSSR count). The second-order valence-electron chi connectivity index (χ2n) is 4.76. The van der Waals surface area contributed by atoms with Gasteiger partial charge in [-0.15, -0.1) is 0 Å². The van der Waals surface area contributed by atoms with Crippen LogP contribution >= 0.6 is 11.6 Å². The number of rotatable bonds is 7. The lowest BCUT2D eigenvalue weighted by molar-refractivity contribution is -0.131. The van der Waals surface area contributed by atoms with Crippen molar-refractivity contribution in [3.63, 3.8) is 0 Å². The number of carboxylic acids is 1. The first kappa shape index (κ1) is 14.9. The molecule has 108 valence electrons. The maximum absolute atomic E-state index is 10.7. The van der Waals surface area contributed by atoms with E-state index in [9.17, 15) is 4.79 Å². The summed E-state index contributed by atoms with van der Waals surface area (Å²) in [6, 6.07) is 6.13. The van der Waals surface area contributed by atoms with Crippen molar-refractivity contribution in [1.82, 2.24) is 0 Å². The van der Waals surface area contributed by atoms with Crippen LogP contribution in [0.5, 0.6) is 0 Å². The highest BCUT2D eigenvalue weighted by molar-refractivity contribution is 6.32. The molecule has 1 fully saturated rings. The number of anilines is 1. The van der Waals surface area contributed by atoms with E-state index in [1.807, 2.05) is 12.1 Å². The zero-order valence-electron chi connectivity index (χ0n) is 11.4. The minimum Gasteiger partial charge on any atom is -0.478 e. The summed E-state index contributed by atoms with van der Waals surface area (Å²) in [5, 5.41) is 9.35. The van der Waals surface area contributed by atoms with Crippen LogP contribution in [0.4, 0.5) is 5.69 Å². The molecule has 0 bridgehead atoms. The maximum atomic E-state index is 10.7. The van der Waals surface area contributed by atoms with Gasteiger partial charge in [0.2, 0.25) is 0 Å². The molecule has 0 radical (unpaired) electrons. The quantitative estimate of drug-likeness (QED) is 0.786. The van der Waals surface area contributed by atoms with E-state index in [-0.39, 0.29) is 0 Å². The van der Waals surface area contributed by atoms with Gasteiger partial charge in [0, 0.05) is 42.0 Å². The number of benzene rings is 1. The van der Waals surface area contributed by atoms with Crippen LogP contribution in [0.15, 0.2) is 24.3 Å². The first-order valence-corrected chi connectivity index (χ1v) is 6.96. The Kier molecular flexibility index (Phi) is 5.04. The molecular formula is C15H18ClNO3. The number of carboxylic acid groups (broad SMARTS) is 1. The van der Waals surface area contributed by atoms with Crippen molar-refractivity contribution in [2.24, 2.45) is 0 Å². The van der Waals surface area contributed by atoms with Gasteiger partial charge >= 0.3 is 5.97 Å². The predicted molar refractivity (Wildman–Crippen MR) is 80.4 cm³/mol. The summed E-state index contributed by atoms with van der Waals surface area (Å²) in [5.74, 6) is -0.981. The lowest BCUT2D eigenvalue weighted by Crippen LogP contribution is -2.30. The van der Waals surface area contributed by atoms with E-state index in [1.165, 1.54) is 0 Å². The topological polar surface area (TPSA) is 49.8 Å². The minimum absolute atomic E-state index is 0.501. The molecule has 0 unspecified atom stereocenters. The largest absolute Gasteiger partial charge is 0.478 e. The van der Waals surface area contributed by atoms with E-state index >= 15 is 0 Å². The van der Waals surface area contributed by atoms with Crippen molar-refractivity contribution in [3.8, 4) is 0 Å². The SMILES string of the molecule is COCCN(c1cccc(Cl)c1C=CC(=O)O)C1CC1. The molecule has 20 heavy (non-hydrogen) atoms. The number of nitrogens with zero attached hydrogens (tertiary/aromatic N) is 1. The Labute approximate surface area is 123 Å².